The van der Waals surface area contributed by atoms with Crippen molar-refractivity contribution in [3.63, 3.8) is 0 Å². The zero-order valence-electron chi connectivity index (χ0n) is 15.5. The molecule has 10 heteroatoms. The third-order valence-corrected chi connectivity index (χ3v) is 6.82. The predicted octanol–water partition coefficient (Wildman–Crippen LogP) is 7.50. The highest BCUT2D eigenvalue weighted by atomic mass is 79.9. The Kier molecular flexibility index (Phi) is 5.28. The van der Waals surface area contributed by atoms with Gasteiger partial charge in [0.15, 0.2) is 4.75 Å². The van der Waals surface area contributed by atoms with E-state index in [-0.39, 0.29) is 22.1 Å². The number of hydrogen-bond acceptors (Lipinski definition) is 3. The molecule has 31 heavy (non-hydrogen) atoms. The molecule has 2 N–H and O–H groups in total. The van der Waals surface area contributed by atoms with Crippen molar-refractivity contribution < 1.29 is 26.3 Å². The molecule has 1 atom stereocenters. The largest absolute Gasteiger partial charge is 0.416 e. The highest BCUT2D eigenvalue weighted by Crippen LogP contribution is 2.57. The number of halogens is 7. The molecular weight excluding hydrogens is 506 g/mol. The van der Waals surface area contributed by atoms with Crippen molar-refractivity contribution in [2.75, 3.05) is 5.73 Å². The number of fused-ring (bicyclic) bond motifs is 1. The summed E-state index contributed by atoms with van der Waals surface area (Å²) in [6, 6.07) is 12.6. The Morgan fingerprint density at radius 3 is 2.39 bits per heavy atom. The fraction of sp³-hybridized carbons (Fsp3) is 0.190. The fourth-order valence-corrected chi connectivity index (χ4v) is 4.99. The molecule has 162 valence electrons. The van der Waals surface area contributed by atoms with Crippen LogP contribution in [0.3, 0.4) is 0 Å². The zero-order chi connectivity index (χ0) is 22.6. The van der Waals surface area contributed by atoms with Gasteiger partial charge in [-0.1, -0.05) is 40.2 Å². The lowest BCUT2D eigenvalue weighted by molar-refractivity contribution is -0.160. The van der Waals surface area contributed by atoms with Crippen LogP contribution in [0, 0.1) is 0 Å². The molecular formula is C21H13BrF6N2S. The smallest absolute Gasteiger partial charge is 0.398 e. The highest BCUT2D eigenvalue weighted by Gasteiger charge is 2.60. The number of alkyl halides is 6. The second-order valence-corrected chi connectivity index (χ2v) is 9.12. The van der Waals surface area contributed by atoms with E-state index in [2.05, 4.69) is 20.3 Å². The second kappa shape index (κ2) is 7.44. The van der Waals surface area contributed by atoms with Crippen molar-refractivity contribution in [3.05, 3.63) is 75.8 Å². The number of hydrogen-bond donors (Lipinski definition) is 1. The first kappa shape index (κ1) is 22.0. The topological polar surface area (TPSA) is 38.4 Å². The Bertz CT molecular complexity index is 1200. The van der Waals surface area contributed by atoms with E-state index in [0.717, 1.165) is 22.9 Å². The van der Waals surface area contributed by atoms with Crippen LogP contribution in [0.5, 0.6) is 0 Å². The molecule has 0 saturated carbocycles. The van der Waals surface area contributed by atoms with Crippen molar-refractivity contribution in [3.8, 4) is 0 Å². The van der Waals surface area contributed by atoms with Crippen LogP contribution in [0.2, 0.25) is 0 Å². The number of anilines is 1. The van der Waals surface area contributed by atoms with Gasteiger partial charge in [-0.05, 0) is 58.8 Å². The molecule has 0 aromatic heterocycles. The Balaban J connectivity index is 1.78. The molecule has 0 amide bonds. The van der Waals surface area contributed by atoms with Crippen molar-refractivity contribution >= 4 is 50.0 Å². The van der Waals surface area contributed by atoms with Gasteiger partial charge in [0, 0.05) is 22.0 Å². The molecule has 1 aliphatic rings. The lowest BCUT2D eigenvalue weighted by atomic mass is 9.88. The van der Waals surface area contributed by atoms with Crippen LogP contribution in [0.1, 0.15) is 23.1 Å². The minimum absolute atomic E-state index is 0.0869. The Morgan fingerprint density at radius 1 is 0.968 bits per heavy atom. The molecule has 0 bridgehead atoms. The summed E-state index contributed by atoms with van der Waals surface area (Å²) in [4.78, 5) is 0. The van der Waals surface area contributed by atoms with Crippen LogP contribution in [-0.2, 0) is 10.9 Å². The van der Waals surface area contributed by atoms with E-state index in [9.17, 15) is 26.3 Å². The molecule has 1 unspecified atom stereocenters. The maximum atomic E-state index is 14.2. The van der Waals surface area contributed by atoms with Crippen LogP contribution in [-0.4, -0.2) is 11.9 Å². The predicted molar refractivity (Wildman–Crippen MR) is 114 cm³/mol. The molecule has 0 saturated heterocycles. The van der Waals surface area contributed by atoms with Crippen LogP contribution < -0.4 is 5.73 Å². The van der Waals surface area contributed by atoms with Gasteiger partial charge < -0.3 is 5.73 Å². The first-order chi connectivity index (χ1) is 14.4. The van der Waals surface area contributed by atoms with Gasteiger partial charge in [-0.25, -0.2) is 4.40 Å². The summed E-state index contributed by atoms with van der Waals surface area (Å²) >= 11 is 3.15. The number of nitrogen functional groups attached to an aromatic ring is 1. The molecule has 0 spiro atoms. The summed E-state index contributed by atoms with van der Waals surface area (Å²) in [6.45, 7) is 0. The average Bonchev–Trinajstić information content (AvgIpc) is 3.14. The molecule has 3 aromatic rings. The Hall–Kier alpha value is -2.20. The zero-order valence-corrected chi connectivity index (χ0v) is 17.9. The highest BCUT2D eigenvalue weighted by molar-refractivity contribution is 9.10. The van der Waals surface area contributed by atoms with Gasteiger partial charge in [-0.15, -0.1) is 0 Å². The van der Waals surface area contributed by atoms with Gasteiger partial charge in [-0.3, -0.25) is 0 Å². The van der Waals surface area contributed by atoms with Crippen LogP contribution in [0.25, 0.3) is 10.8 Å². The molecule has 4 rings (SSSR count). The summed E-state index contributed by atoms with van der Waals surface area (Å²) < 4.78 is 83.8. The van der Waals surface area contributed by atoms with Gasteiger partial charge in [0.2, 0.25) is 0 Å². The van der Waals surface area contributed by atoms with E-state index < -0.39 is 34.6 Å². The summed E-state index contributed by atoms with van der Waals surface area (Å²) in [5.41, 5.74) is 5.41. The third-order valence-electron chi connectivity index (χ3n) is 5.12. The van der Waals surface area contributed by atoms with Crippen LogP contribution in [0.4, 0.5) is 32.0 Å². The number of benzene rings is 3. The monoisotopic (exact) mass is 518 g/mol. The second-order valence-electron chi connectivity index (χ2n) is 7.14. The molecule has 0 radical (unpaired) electrons. The molecule has 0 aliphatic carbocycles. The van der Waals surface area contributed by atoms with E-state index in [1.807, 2.05) is 0 Å². The van der Waals surface area contributed by atoms with Gasteiger partial charge in [0.25, 0.3) is 0 Å². The summed E-state index contributed by atoms with van der Waals surface area (Å²) in [5.74, 6) is 0. The third kappa shape index (κ3) is 3.91. The fourth-order valence-electron chi connectivity index (χ4n) is 3.53. The average molecular weight is 519 g/mol. The first-order valence-electron chi connectivity index (χ1n) is 8.89. The summed E-state index contributed by atoms with van der Waals surface area (Å²) in [5, 5.41) is 1.48. The quantitative estimate of drug-likeness (QED) is 0.216. The van der Waals surface area contributed by atoms with Gasteiger partial charge in [-0.2, -0.15) is 26.3 Å². The van der Waals surface area contributed by atoms with E-state index in [0.29, 0.717) is 17.3 Å². The standard InChI is InChI=1S/C21H13BrF6N2S/c22-15-8-13(7-14(9-15)20(23,24)25)19(21(26,27)28)10-18(30-31-19)12-4-5-16-11(6-12)2-1-3-17(16)29/h1-9H,10,29H2. The van der Waals surface area contributed by atoms with Crippen molar-refractivity contribution in [2.24, 2.45) is 4.40 Å². The van der Waals surface area contributed by atoms with E-state index in [1.54, 1.807) is 36.4 Å². The van der Waals surface area contributed by atoms with Crippen LogP contribution >= 0.6 is 27.9 Å². The Labute approximate surface area is 185 Å². The van der Waals surface area contributed by atoms with Crippen molar-refractivity contribution in [1.29, 1.82) is 0 Å². The summed E-state index contributed by atoms with van der Waals surface area (Å²) in [6.07, 6.45) is -10.2. The molecule has 0 fully saturated rings. The lowest BCUT2D eigenvalue weighted by Gasteiger charge is -2.31. The SMILES string of the molecule is Nc1cccc2cc(C3=NSC(c4cc(Br)cc(C(F)(F)F)c4)(C(F)(F)F)C3)ccc12. The van der Waals surface area contributed by atoms with Crippen molar-refractivity contribution in [2.45, 2.75) is 23.5 Å². The Morgan fingerprint density at radius 2 is 1.71 bits per heavy atom. The minimum Gasteiger partial charge on any atom is -0.398 e. The van der Waals surface area contributed by atoms with Crippen molar-refractivity contribution in [1.82, 2.24) is 0 Å². The minimum atomic E-state index is -4.84. The molecule has 3 aromatic carbocycles. The lowest BCUT2D eigenvalue weighted by Crippen LogP contribution is -2.39. The molecule has 1 heterocycles. The summed E-state index contributed by atoms with van der Waals surface area (Å²) in [7, 11) is 0. The molecule has 2 nitrogen and oxygen atoms in total. The normalized spacial score (nSPS) is 19.6. The maximum absolute atomic E-state index is 14.2. The molecule has 1 aliphatic heterocycles. The number of rotatable bonds is 2. The van der Waals surface area contributed by atoms with Gasteiger partial charge in [0.1, 0.15) is 0 Å². The first-order valence-corrected chi connectivity index (χ1v) is 10.5. The van der Waals surface area contributed by atoms with E-state index in [4.69, 9.17) is 5.73 Å². The van der Waals surface area contributed by atoms with E-state index >= 15 is 0 Å². The van der Waals surface area contributed by atoms with E-state index in [1.165, 1.54) is 0 Å². The van der Waals surface area contributed by atoms with Gasteiger partial charge >= 0.3 is 12.4 Å². The number of nitrogens with zero attached hydrogens (tertiary/aromatic N) is 1. The van der Waals surface area contributed by atoms with Gasteiger partial charge in [0.05, 0.1) is 11.3 Å². The van der Waals surface area contributed by atoms with Crippen LogP contribution in [0.15, 0.2) is 63.5 Å². The number of nitrogens with two attached hydrogens (primary N) is 1. The maximum Gasteiger partial charge on any atom is 0.416 e.